The maximum absolute atomic E-state index is 12.8. The zero-order valence-electron chi connectivity index (χ0n) is 16.2. The molecule has 6 nitrogen and oxygen atoms in total. The van der Waals surface area contributed by atoms with E-state index in [9.17, 15) is 9.59 Å². The van der Waals surface area contributed by atoms with Gasteiger partial charge in [-0.05, 0) is 35.7 Å². The summed E-state index contributed by atoms with van der Waals surface area (Å²) in [5.74, 6) is 0.386. The third kappa shape index (κ3) is 3.92. The third-order valence-corrected chi connectivity index (χ3v) is 5.86. The third-order valence-electron chi connectivity index (χ3n) is 5.86. The molecule has 2 aliphatic rings. The van der Waals surface area contributed by atoms with E-state index in [1.165, 1.54) is 16.7 Å². The van der Waals surface area contributed by atoms with Gasteiger partial charge >= 0.3 is 0 Å². The van der Waals surface area contributed by atoms with E-state index in [1.54, 1.807) is 12.4 Å². The van der Waals surface area contributed by atoms with Gasteiger partial charge in [0.25, 0.3) is 0 Å². The Bertz CT molecular complexity index is 849. The number of aromatic nitrogens is 1. The Labute approximate surface area is 165 Å². The van der Waals surface area contributed by atoms with Crippen molar-refractivity contribution in [2.45, 2.75) is 31.8 Å². The fraction of sp³-hybridized carbons (Fsp3) is 0.409. The number of likely N-dealkylation sites (tertiary alicyclic amines) is 1. The number of carbonyl (C=O) groups is 2. The van der Waals surface area contributed by atoms with Gasteiger partial charge in [-0.2, -0.15) is 0 Å². The lowest BCUT2D eigenvalue weighted by Gasteiger charge is -2.41. The van der Waals surface area contributed by atoms with Gasteiger partial charge in [-0.3, -0.25) is 19.5 Å². The molecule has 2 amide bonds. The quantitative estimate of drug-likeness (QED) is 0.860. The summed E-state index contributed by atoms with van der Waals surface area (Å²) in [6, 6.07) is 11.8. The summed E-state index contributed by atoms with van der Waals surface area (Å²) < 4.78 is 0. The number of hydrogen-bond acceptors (Lipinski definition) is 4. The van der Waals surface area contributed by atoms with Crippen LogP contribution in [0.2, 0.25) is 0 Å². The molecule has 2 fully saturated rings. The fourth-order valence-electron chi connectivity index (χ4n) is 4.00. The summed E-state index contributed by atoms with van der Waals surface area (Å²) in [4.78, 5) is 33.3. The highest BCUT2D eigenvalue weighted by atomic mass is 16.2. The normalized spacial score (nSPS) is 20.5. The first-order chi connectivity index (χ1) is 13.6. The molecule has 0 spiro atoms. The van der Waals surface area contributed by atoms with Crippen molar-refractivity contribution in [1.82, 2.24) is 20.1 Å². The molecule has 28 heavy (non-hydrogen) atoms. The minimum absolute atomic E-state index is 0.0422. The van der Waals surface area contributed by atoms with Gasteiger partial charge in [0.15, 0.2) is 0 Å². The summed E-state index contributed by atoms with van der Waals surface area (Å²) in [5, 5.41) is 2.92. The highest BCUT2D eigenvalue weighted by molar-refractivity contribution is 5.89. The van der Waals surface area contributed by atoms with Crippen molar-refractivity contribution in [3.8, 4) is 0 Å². The minimum Gasteiger partial charge on any atom is -0.353 e. The SMILES string of the molecule is Cc1ccccc1CN1CCNC(=O)[C@H]1CC(=O)N1CC(c2ccncc2)C1. The van der Waals surface area contributed by atoms with Gasteiger partial charge in [-0.15, -0.1) is 0 Å². The summed E-state index contributed by atoms with van der Waals surface area (Å²) in [5.41, 5.74) is 3.63. The number of aryl methyl sites for hydroxylation is 1. The topological polar surface area (TPSA) is 65.5 Å². The molecule has 146 valence electrons. The molecule has 0 aliphatic carbocycles. The van der Waals surface area contributed by atoms with Crippen LogP contribution in [-0.4, -0.2) is 58.8 Å². The first-order valence-corrected chi connectivity index (χ1v) is 9.86. The largest absolute Gasteiger partial charge is 0.353 e. The highest BCUT2D eigenvalue weighted by Gasteiger charge is 2.37. The van der Waals surface area contributed by atoms with Crippen molar-refractivity contribution in [2.24, 2.45) is 0 Å². The molecule has 4 rings (SSSR count). The van der Waals surface area contributed by atoms with Crippen LogP contribution in [0.5, 0.6) is 0 Å². The molecule has 2 saturated heterocycles. The van der Waals surface area contributed by atoms with E-state index >= 15 is 0 Å². The summed E-state index contributed by atoms with van der Waals surface area (Å²) in [6.07, 6.45) is 3.81. The molecular weight excluding hydrogens is 352 g/mol. The molecule has 1 aromatic heterocycles. The average Bonchev–Trinajstić information content (AvgIpc) is 2.66. The number of nitrogens with one attached hydrogen (secondary N) is 1. The molecule has 1 N–H and O–H groups in total. The maximum atomic E-state index is 12.8. The van der Waals surface area contributed by atoms with Gasteiger partial charge in [-0.1, -0.05) is 24.3 Å². The molecule has 2 aromatic rings. The van der Waals surface area contributed by atoms with E-state index in [-0.39, 0.29) is 18.2 Å². The van der Waals surface area contributed by atoms with E-state index in [0.29, 0.717) is 19.0 Å². The Balaban J connectivity index is 1.38. The van der Waals surface area contributed by atoms with Crippen LogP contribution in [0.25, 0.3) is 0 Å². The van der Waals surface area contributed by atoms with Crippen LogP contribution in [0.1, 0.15) is 29.0 Å². The van der Waals surface area contributed by atoms with Crippen LogP contribution in [0.4, 0.5) is 0 Å². The van der Waals surface area contributed by atoms with Crippen LogP contribution < -0.4 is 5.32 Å². The smallest absolute Gasteiger partial charge is 0.237 e. The molecule has 1 aromatic carbocycles. The zero-order valence-corrected chi connectivity index (χ0v) is 16.2. The standard InChI is InChI=1S/C22H26N4O2/c1-16-4-2-3-5-18(16)13-25-11-10-24-22(28)20(25)12-21(27)26-14-19(15-26)17-6-8-23-9-7-17/h2-9,19-20H,10-15H2,1H3,(H,24,28)/t20-/m1/s1. The maximum Gasteiger partial charge on any atom is 0.237 e. The molecule has 0 bridgehead atoms. The first-order valence-electron chi connectivity index (χ1n) is 9.86. The van der Waals surface area contributed by atoms with Gasteiger partial charge in [-0.25, -0.2) is 0 Å². The van der Waals surface area contributed by atoms with Gasteiger partial charge in [0.2, 0.25) is 11.8 Å². The van der Waals surface area contributed by atoms with E-state index in [1.807, 2.05) is 29.2 Å². The molecule has 3 heterocycles. The van der Waals surface area contributed by atoms with Crippen molar-refractivity contribution in [2.75, 3.05) is 26.2 Å². The van der Waals surface area contributed by atoms with Crippen molar-refractivity contribution >= 4 is 11.8 Å². The minimum atomic E-state index is -0.402. The molecular formula is C22H26N4O2. The van der Waals surface area contributed by atoms with Crippen LogP contribution in [-0.2, 0) is 16.1 Å². The van der Waals surface area contributed by atoms with Crippen LogP contribution in [0.3, 0.4) is 0 Å². The van der Waals surface area contributed by atoms with Gasteiger partial charge in [0.05, 0.1) is 12.5 Å². The monoisotopic (exact) mass is 378 g/mol. The predicted octanol–water partition coefficient (Wildman–Crippen LogP) is 1.71. The van der Waals surface area contributed by atoms with Crippen LogP contribution in [0, 0.1) is 6.92 Å². The van der Waals surface area contributed by atoms with E-state index in [4.69, 9.17) is 0 Å². The van der Waals surface area contributed by atoms with Crippen molar-refractivity contribution in [3.63, 3.8) is 0 Å². The Morgan fingerprint density at radius 2 is 1.93 bits per heavy atom. The number of carbonyl (C=O) groups excluding carboxylic acids is 2. The van der Waals surface area contributed by atoms with Crippen LogP contribution >= 0.6 is 0 Å². The van der Waals surface area contributed by atoms with Gasteiger partial charge < -0.3 is 10.2 Å². The number of rotatable bonds is 5. The summed E-state index contributed by atoms with van der Waals surface area (Å²) in [7, 11) is 0. The van der Waals surface area contributed by atoms with E-state index in [2.05, 4.69) is 34.3 Å². The number of nitrogens with zero attached hydrogens (tertiary/aromatic N) is 3. The molecule has 0 unspecified atom stereocenters. The van der Waals surface area contributed by atoms with Crippen molar-refractivity contribution in [1.29, 1.82) is 0 Å². The first kappa shape index (κ1) is 18.6. The predicted molar refractivity (Wildman–Crippen MR) is 107 cm³/mol. The molecule has 0 saturated carbocycles. The lowest BCUT2D eigenvalue weighted by molar-refractivity contribution is -0.142. The average molecular weight is 378 g/mol. The molecule has 2 aliphatic heterocycles. The Kier molecular flexibility index (Phi) is 5.39. The van der Waals surface area contributed by atoms with Crippen LogP contribution in [0.15, 0.2) is 48.8 Å². The van der Waals surface area contributed by atoms with Gasteiger partial charge in [0.1, 0.15) is 0 Å². The summed E-state index contributed by atoms with van der Waals surface area (Å²) >= 11 is 0. The number of hydrogen-bond donors (Lipinski definition) is 1. The second-order valence-electron chi connectivity index (χ2n) is 7.68. The lowest BCUT2D eigenvalue weighted by atomic mass is 9.91. The fourth-order valence-corrected chi connectivity index (χ4v) is 4.00. The zero-order chi connectivity index (χ0) is 19.5. The Morgan fingerprint density at radius 1 is 1.18 bits per heavy atom. The second kappa shape index (κ2) is 8.10. The number of piperazine rings is 1. The second-order valence-corrected chi connectivity index (χ2v) is 7.68. The van der Waals surface area contributed by atoms with Crippen molar-refractivity contribution in [3.05, 3.63) is 65.5 Å². The Hall–Kier alpha value is -2.73. The van der Waals surface area contributed by atoms with Crippen molar-refractivity contribution < 1.29 is 9.59 Å². The molecule has 0 radical (unpaired) electrons. The molecule has 6 heteroatoms. The highest BCUT2D eigenvalue weighted by Crippen LogP contribution is 2.28. The number of pyridine rings is 1. The Morgan fingerprint density at radius 3 is 2.68 bits per heavy atom. The number of amides is 2. The van der Waals surface area contributed by atoms with E-state index < -0.39 is 6.04 Å². The van der Waals surface area contributed by atoms with Gasteiger partial charge in [0, 0.05) is 51.0 Å². The molecule has 1 atom stereocenters. The number of benzene rings is 1. The lowest BCUT2D eigenvalue weighted by Crippen LogP contribution is -2.57. The summed E-state index contributed by atoms with van der Waals surface area (Å²) in [6.45, 7) is 5.60. The van der Waals surface area contributed by atoms with E-state index in [0.717, 1.165) is 19.6 Å².